The zero-order valence-electron chi connectivity index (χ0n) is 11.5. The molecule has 0 aliphatic carbocycles. The van der Waals surface area contributed by atoms with Crippen molar-refractivity contribution in [1.29, 1.82) is 0 Å². The van der Waals surface area contributed by atoms with E-state index in [1.165, 1.54) is 0 Å². The van der Waals surface area contributed by atoms with E-state index in [9.17, 15) is 4.79 Å². The first-order valence-electron chi connectivity index (χ1n) is 6.57. The fourth-order valence-corrected chi connectivity index (χ4v) is 2.30. The van der Waals surface area contributed by atoms with Crippen molar-refractivity contribution in [2.75, 3.05) is 0 Å². The number of imidazole rings is 1. The van der Waals surface area contributed by atoms with E-state index < -0.39 is 0 Å². The Bertz CT molecular complexity index is 783. The highest BCUT2D eigenvalue weighted by atomic mass is 16.1. The molecule has 3 heterocycles. The lowest BCUT2D eigenvalue weighted by atomic mass is 10.3. The van der Waals surface area contributed by atoms with Crippen molar-refractivity contribution >= 4 is 11.0 Å². The van der Waals surface area contributed by atoms with Crippen LogP contribution in [-0.4, -0.2) is 28.9 Å². The summed E-state index contributed by atoms with van der Waals surface area (Å²) in [5.74, 6) is 0. The molecule has 0 aliphatic rings. The van der Waals surface area contributed by atoms with Gasteiger partial charge in [-0.15, -0.1) is 0 Å². The molecule has 0 saturated carbocycles. The topological polar surface area (TPSA) is 70.5 Å². The third-order valence-electron chi connectivity index (χ3n) is 3.37. The molecule has 7 heteroatoms. The van der Waals surface area contributed by atoms with Gasteiger partial charge >= 0.3 is 0 Å². The van der Waals surface area contributed by atoms with Gasteiger partial charge in [0.25, 0.3) is 5.56 Å². The second-order valence-corrected chi connectivity index (χ2v) is 4.66. The molecule has 0 N–H and O–H groups in total. The highest BCUT2D eigenvalue weighted by Gasteiger charge is 2.13. The number of fused-ring (bicyclic) bond motifs is 1. The molecular formula is C13H16N6O. The van der Waals surface area contributed by atoms with Crippen molar-refractivity contribution in [3.05, 3.63) is 41.1 Å². The third-order valence-corrected chi connectivity index (χ3v) is 3.37. The third kappa shape index (κ3) is 2.01. The quantitative estimate of drug-likeness (QED) is 0.697. The van der Waals surface area contributed by atoms with Crippen molar-refractivity contribution in [1.82, 2.24) is 28.9 Å². The molecule has 20 heavy (non-hydrogen) atoms. The molecule has 0 aliphatic heterocycles. The van der Waals surface area contributed by atoms with Crippen molar-refractivity contribution in [2.45, 2.75) is 26.4 Å². The Morgan fingerprint density at radius 2 is 2.10 bits per heavy atom. The number of hydrogen-bond donors (Lipinski definition) is 0. The van der Waals surface area contributed by atoms with Crippen LogP contribution in [0.1, 0.15) is 12.6 Å². The van der Waals surface area contributed by atoms with Crippen LogP contribution in [0.25, 0.3) is 11.0 Å². The molecular weight excluding hydrogens is 256 g/mol. The minimum absolute atomic E-state index is 0.0511. The van der Waals surface area contributed by atoms with Gasteiger partial charge < -0.3 is 4.57 Å². The van der Waals surface area contributed by atoms with Crippen LogP contribution < -0.4 is 5.56 Å². The molecule has 0 fully saturated rings. The Morgan fingerprint density at radius 1 is 1.25 bits per heavy atom. The van der Waals surface area contributed by atoms with Gasteiger partial charge in [0, 0.05) is 32.5 Å². The summed E-state index contributed by atoms with van der Waals surface area (Å²) in [6.45, 7) is 3.25. The first kappa shape index (κ1) is 12.6. The van der Waals surface area contributed by atoms with Gasteiger partial charge in [0.1, 0.15) is 5.52 Å². The zero-order valence-corrected chi connectivity index (χ0v) is 11.5. The van der Waals surface area contributed by atoms with Crippen molar-refractivity contribution in [3.8, 4) is 0 Å². The fourth-order valence-electron chi connectivity index (χ4n) is 2.30. The molecule has 104 valence electrons. The highest BCUT2D eigenvalue weighted by molar-refractivity contribution is 5.76. The summed E-state index contributed by atoms with van der Waals surface area (Å²) < 4.78 is 5.16. The predicted molar refractivity (Wildman–Crippen MR) is 74.4 cm³/mol. The molecule has 0 atom stereocenters. The smallest absolute Gasteiger partial charge is 0.279 e. The molecule has 3 aromatic rings. The monoisotopic (exact) mass is 272 g/mol. The maximum Gasteiger partial charge on any atom is 0.279 e. The van der Waals surface area contributed by atoms with Crippen LogP contribution in [0.4, 0.5) is 0 Å². The summed E-state index contributed by atoms with van der Waals surface area (Å²) in [5, 5.41) is 4.35. The summed E-state index contributed by atoms with van der Waals surface area (Å²) in [7, 11) is 1.78. The molecule has 0 spiro atoms. The number of nitrogens with zero attached hydrogens (tertiary/aromatic N) is 6. The van der Waals surface area contributed by atoms with E-state index in [0.29, 0.717) is 24.1 Å². The van der Waals surface area contributed by atoms with E-state index >= 15 is 0 Å². The van der Waals surface area contributed by atoms with Gasteiger partial charge in [-0.05, 0) is 6.42 Å². The summed E-state index contributed by atoms with van der Waals surface area (Å²) in [6, 6.07) is 0. The maximum absolute atomic E-state index is 12.5. The molecule has 0 aromatic carbocycles. The lowest BCUT2D eigenvalue weighted by Gasteiger charge is -2.06. The number of aromatic nitrogens is 6. The second-order valence-electron chi connectivity index (χ2n) is 4.66. The summed E-state index contributed by atoms with van der Waals surface area (Å²) in [4.78, 5) is 20.8. The highest BCUT2D eigenvalue weighted by Crippen LogP contribution is 2.11. The van der Waals surface area contributed by atoms with E-state index in [-0.39, 0.29) is 5.56 Å². The van der Waals surface area contributed by atoms with Crippen LogP contribution in [0, 0.1) is 0 Å². The van der Waals surface area contributed by atoms with E-state index in [0.717, 1.165) is 12.1 Å². The van der Waals surface area contributed by atoms with Crippen molar-refractivity contribution in [3.63, 3.8) is 0 Å². The maximum atomic E-state index is 12.5. The van der Waals surface area contributed by atoms with Gasteiger partial charge in [-0.25, -0.2) is 9.97 Å². The predicted octanol–water partition coefficient (Wildman–Crippen LogP) is 0.589. The molecule has 0 amide bonds. The summed E-state index contributed by atoms with van der Waals surface area (Å²) in [5.41, 5.74) is 2.08. The van der Waals surface area contributed by atoms with Gasteiger partial charge in [0.05, 0.1) is 18.3 Å². The standard InChI is InChI=1S/C13H16N6O/c1-3-10-11-12(17(2)16-10)13(20)19(9-15-11)7-6-18-5-4-14-8-18/h4-5,8-9H,3,6-7H2,1-2H3. The molecule has 3 aromatic heterocycles. The van der Waals surface area contributed by atoms with Crippen molar-refractivity contribution < 1.29 is 0 Å². The molecule has 0 unspecified atom stereocenters. The van der Waals surface area contributed by atoms with Crippen molar-refractivity contribution in [2.24, 2.45) is 7.05 Å². The van der Waals surface area contributed by atoms with E-state index in [4.69, 9.17) is 0 Å². The van der Waals surface area contributed by atoms with Gasteiger partial charge in [0.2, 0.25) is 0 Å². The summed E-state index contributed by atoms with van der Waals surface area (Å²) in [6.07, 6.45) is 7.69. The minimum atomic E-state index is -0.0511. The normalized spacial score (nSPS) is 11.3. The number of hydrogen-bond acceptors (Lipinski definition) is 4. The van der Waals surface area contributed by atoms with Crippen LogP contribution in [-0.2, 0) is 26.6 Å². The largest absolute Gasteiger partial charge is 0.336 e. The zero-order chi connectivity index (χ0) is 14.1. The van der Waals surface area contributed by atoms with Gasteiger partial charge in [-0.2, -0.15) is 5.10 Å². The average molecular weight is 272 g/mol. The van der Waals surface area contributed by atoms with Crippen LogP contribution in [0.15, 0.2) is 29.8 Å². The lowest BCUT2D eigenvalue weighted by Crippen LogP contribution is -2.24. The van der Waals surface area contributed by atoms with E-state index in [1.807, 2.05) is 17.7 Å². The average Bonchev–Trinajstić information content (AvgIpc) is 3.06. The number of aryl methyl sites for hydroxylation is 4. The fraction of sp³-hybridized carbons (Fsp3) is 0.385. The summed E-state index contributed by atoms with van der Waals surface area (Å²) >= 11 is 0. The minimum Gasteiger partial charge on any atom is -0.336 e. The number of rotatable bonds is 4. The van der Waals surface area contributed by atoms with Gasteiger partial charge in [-0.1, -0.05) is 6.92 Å². The van der Waals surface area contributed by atoms with Crippen LogP contribution in [0.2, 0.25) is 0 Å². The molecule has 7 nitrogen and oxygen atoms in total. The van der Waals surface area contributed by atoms with E-state index in [1.54, 1.807) is 35.1 Å². The molecule has 0 saturated heterocycles. The Morgan fingerprint density at radius 3 is 2.80 bits per heavy atom. The van der Waals surface area contributed by atoms with E-state index in [2.05, 4.69) is 15.1 Å². The van der Waals surface area contributed by atoms with Crippen LogP contribution in [0.3, 0.4) is 0 Å². The lowest BCUT2D eigenvalue weighted by molar-refractivity contribution is 0.560. The molecule has 0 bridgehead atoms. The van der Waals surface area contributed by atoms with Crippen LogP contribution in [0.5, 0.6) is 0 Å². The second kappa shape index (κ2) is 4.92. The Kier molecular flexibility index (Phi) is 3.09. The first-order valence-corrected chi connectivity index (χ1v) is 6.57. The Hall–Kier alpha value is -2.44. The molecule has 0 radical (unpaired) electrons. The Labute approximate surface area is 115 Å². The molecule has 3 rings (SSSR count). The van der Waals surface area contributed by atoms with Crippen LogP contribution >= 0.6 is 0 Å². The Balaban J connectivity index is 1.99. The van der Waals surface area contributed by atoms with Gasteiger partial charge in [0.15, 0.2) is 5.52 Å². The first-order chi connectivity index (χ1) is 9.70. The van der Waals surface area contributed by atoms with Gasteiger partial charge in [-0.3, -0.25) is 14.0 Å². The SMILES string of the molecule is CCc1nn(C)c2c(=O)n(CCn3ccnc3)cnc12.